The molecule has 0 aliphatic carbocycles. The summed E-state index contributed by atoms with van der Waals surface area (Å²) in [6.07, 6.45) is 0.294. The molecule has 1 amide bonds. The predicted octanol–water partition coefficient (Wildman–Crippen LogP) is 0.772. The van der Waals surface area contributed by atoms with Crippen molar-refractivity contribution in [3.05, 3.63) is 29.8 Å². The molecule has 20 heavy (non-hydrogen) atoms. The first-order chi connectivity index (χ1) is 9.63. The van der Waals surface area contributed by atoms with Crippen molar-refractivity contribution < 1.29 is 14.6 Å². The molecule has 110 valence electrons. The number of ether oxygens (including phenoxy) is 1. The summed E-state index contributed by atoms with van der Waals surface area (Å²) in [4.78, 5) is 14.2. The molecule has 0 saturated carbocycles. The minimum Gasteiger partial charge on any atom is -0.508 e. The van der Waals surface area contributed by atoms with Gasteiger partial charge >= 0.3 is 0 Å². The molecule has 1 heterocycles. The van der Waals surface area contributed by atoms with Crippen molar-refractivity contribution in [3.63, 3.8) is 0 Å². The third kappa shape index (κ3) is 4.83. The van der Waals surface area contributed by atoms with Gasteiger partial charge in [0.05, 0.1) is 19.6 Å². The van der Waals surface area contributed by atoms with Crippen molar-refractivity contribution in [2.24, 2.45) is 0 Å². The molecule has 1 atom stereocenters. The van der Waals surface area contributed by atoms with Gasteiger partial charge in [-0.3, -0.25) is 9.69 Å². The van der Waals surface area contributed by atoms with Gasteiger partial charge in [-0.25, -0.2) is 0 Å². The summed E-state index contributed by atoms with van der Waals surface area (Å²) in [5, 5.41) is 12.4. The monoisotopic (exact) mass is 278 g/mol. The van der Waals surface area contributed by atoms with Crippen molar-refractivity contribution >= 4 is 5.91 Å². The molecular weight excluding hydrogens is 256 g/mol. The number of carbonyl (C=O) groups excluding carboxylic acids is 1. The van der Waals surface area contributed by atoms with Crippen LogP contribution in [0.4, 0.5) is 0 Å². The number of hydrogen-bond acceptors (Lipinski definition) is 4. The average molecular weight is 278 g/mol. The normalized spacial score (nSPS) is 17.6. The number of benzene rings is 1. The van der Waals surface area contributed by atoms with Gasteiger partial charge < -0.3 is 15.2 Å². The van der Waals surface area contributed by atoms with E-state index in [-0.39, 0.29) is 17.7 Å². The molecule has 0 spiro atoms. The van der Waals surface area contributed by atoms with Crippen molar-refractivity contribution in [3.8, 4) is 5.75 Å². The molecule has 5 heteroatoms. The van der Waals surface area contributed by atoms with Crippen LogP contribution in [0.2, 0.25) is 0 Å². The first-order valence-electron chi connectivity index (χ1n) is 7.01. The van der Waals surface area contributed by atoms with Gasteiger partial charge in [-0.15, -0.1) is 0 Å². The molecule has 2 rings (SSSR count). The second-order valence-corrected chi connectivity index (χ2v) is 5.23. The van der Waals surface area contributed by atoms with Crippen LogP contribution in [-0.4, -0.2) is 54.8 Å². The highest BCUT2D eigenvalue weighted by molar-refractivity contribution is 5.78. The van der Waals surface area contributed by atoms with Crippen LogP contribution in [0.3, 0.4) is 0 Å². The van der Waals surface area contributed by atoms with E-state index in [2.05, 4.69) is 10.2 Å². The van der Waals surface area contributed by atoms with Gasteiger partial charge in [0.15, 0.2) is 0 Å². The van der Waals surface area contributed by atoms with Crippen LogP contribution >= 0.6 is 0 Å². The molecule has 2 N–H and O–H groups in total. The zero-order valence-corrected chi connectivity index (χ0v) is 11.8. The molecule has 0 radical (unpaired) electrons. The van der Waals surface area contributed by atoms with E-state index in [9.17, 15) is 9.90 Å². The number of aromatic hydroxyl groups is 1. The zero-order chi connectivity index (χ0) is 14.4. The topological polar surface area (TPSA) is 61.8 Å². The highest BCUT2D eigenvalue weighted by Gasteiger charge is 2.15. The van der Waals surface area contributed by atoms with Gasteiger partial charge in [0, 0.05) is 25.7 Å². The second kappa shape index (κ2) is 7.26. The number of nitrogens with one attached hydrogen (secondary N) is 1. The fourth-order valence-corrected chi connectivity index (χ4v) is 2.39. The fraction of sp³-hybridized carbons (Fsp3) is 0.533. The Labute approximate surface area is 119 Å². The molecule has 5 nitrogen and oxygen atoms in total. The lowest BCUT2D eigenvalue weighted by Gasteiger charge is -2.29. The van der Waals surface area contributed by atoms with E-state index in [1.54, 1.807) is 18.2 Å². The molecule has 1 aliphatic heterocycles. The summed E-state index contributed by atoms with van der Waals surface area (Å²) < 4.78 is 5.30. The lowest BCUT2D eigenvalue weighted by Crippen LogP contribution is -2.46. The van der Waals surface area contributed by atoms with Crippen LogP contribution in [0.1, 0.15) is 12.5 Å². The van der Waals surface area contributed by atoms with E-state index in [0.29, 0.717) is 6.42 Å². The number of amides is 1. The molecule has 1 fully saturated rings. The van der Waals surface area contributed by atoms with Crippen molar-refractivity contribution in [1.82, 2.24) is 10.2 Å². The van der Waals surface area contributed by atoms with Crippen LogP contribution in [0, 0.1) is 0 Å². The predicted molar refractivity (Wildman–Crippen MR) is 76.7 cm³/mol. The Bertz CT molecular complexity index is 444. The van der Waals surface area contributed by atoms with Crippen molar-refractivity contribution in [2.45, 2.75) is 19.4 Å². The third-order valence-electron chi connectivity index (χ3n) is 3.32. The SMILES string of the molecule is CC(CN1CCOCC1)NC(=O)Cc1cccc(O)c1. The molecule has 1 saturated heterocycles. The summed E-state index contributed by atoms with van der Waals surface area (Å²) in [5.74, 6) is 0.174. The molecule has 0 aromatic heterocycles. The van der Waals surface area contributed by atoms with Gasteiger partial charge in [0.2, 0.25) is 5.91 Å². The molecular formula is C15H22N2O3. The molecule has 0 bridgehead atoms. The number of rotatable bonds is 5. The van der Waals surface area contributed by atoms with Crippen LogP contribution in [-0.2, 0) is 16.0 Å². The van der Waals surface area contributed by atoms with Gasteiger partial charge in [0.1, 0.15) is 5.75 Å². The summed E-state index contributed by atoms with van der Waals surface area (Å²) >= 11 is 0. The maximum Gasteiger partial charge on any atom is 0.224 e. The van der Waals surface area contributed by atoms with Gasteiger partial charge in [0.25, 0.3) is 0 Å². The van der Waals surface area contributed by atoms with Crippen LogP contribution < -0.4 is 5.32 Å². The van der Waals surface area contributed by atoms with Gasteiger partial charge in [-0.2, -0.15) is 0 Å². The van der Waals surface area contributed by atoms with Crippen molar-refractivity contribution in [2.75, 3.05) is 32.8 Å². The smallest absolute Gasteiger partial charge is 0.224 e. The zero-order valence-electron chi connectivity index (χ0n) is 11.8. The molecule has 1 aromatic carbocycles. The summed E-state index contributed by atoms with van der Waals surface area (Å²) in [6.45, 7) is 6.23. The number of morpholine rings is 1. The third-order valence-corrected chi connectivity index (χ3v) is 3.32. The van der Waals surface area contributed by atoms with E-state index in [1.807, 2.05) is 13.0 Å². The van der Waals surface area contributed by atoms with E-state index < -0.39 is 0 Å². The number of phenolic OH excluding ortho intramolecular Hbond substituents is 1. The average Bonchev–Trinajstić information content (AvgIpc) is 2.39. The number of carbonyl (C=O) groups is 1. The lowest BCUT2D eigenvalue weighted by atomic mass is 10.1. The quantitative estimate of drug-likeness (QED) is 0.835. The highest BCUT2D eigenvalue weighted by Crippen LogP contribution is 2.11. The molecule has 1 unspecified atom stereocenters. The van der Waals surface area contributed by atoms with Gasteiger partial charge in [-0.05, 0) is 24.6 Å². The Balaban J connectivity index is 1.75. The van der Waals surface area contributed by atoms with Crippen LogP contribution in [0.25, 0.3) is 0 Å². The number of nitrogens with zero attached hydrogens (tertiary/aromatic N) is 1. The minimum absolute atomic E-state index is 0.0173. The van der Waals surface area contributed by atoms with E-state index in [4.69, 9.17) is 4.74 Å². The number of phenols is 1. The maximum atomic E-state index is 11.9. The van der Waals surface area contributed by atoms with E-state index in [0.717, 1.165) is 38.4 Å². The largest absolute Gasteiger partial charge is 0.508 e. The van der Waals surface area contributed by atoms with Crippen LogP contribution in [0.15, 0.2) is 24.3 Å². The van der Waals surface area contributed by atoms with Crippen molar-refractivity contribution in [1.29, 1.82) is 0 Å². The second-order valence-electron chi connectivity index (χ2n) is 5.23. The Morgan fingerprint density at radius 1 is 1.45 bits per heavy atom. The fourth-order valence-electron chi connectivity index (χ4n) is 2.39. The van der Waals surface area contributed by atoms with Crippen LogP contribution in [0.5, 0.6) is 5.75 Å². The number of hydrogen-bond donors (Lipinski definition) is 2. The highest BCUT2D eigenvalue weighted by atomic mass is 16.5. The lowest BCUT2D eigenvalue weighted by molar-refractivity contribution is -0.121. The Morgan fingerprint density at radius 2 is 2.20 bits per heavy atom. The minimum atomic E-state index is -0.0173. The summed E-state index contributed by atoms with van der Waals surface area (Å²) in [7, 11) is 0. The molecule has 1 aromatic rings. The Hall–Kier alpha value is -1.59. The van der Waals surface area contributed by atoms with E-state index in [1.165, 1.54) is 0 Å². The standard InChI is InChI=1S/C15H22N2O3/c1-12(11-17-5-7-20-8-6-17)16-15(19)10-13-3-2-4-14(18)9-13/h2-4,9,12,18H,5-8,10-11H2,1H3,(H,16,19). The Morgan fingerprint density at radius 3 is 2.90 bits per heavy atom. The van der Waals surface area contributed by atoms with E-state index >= 15 is 0 Å². The maximum absolute atomic E-state index is 11.9. The Kier molecular flexibility index (Phi) is 5.38. The first-order valence-corrected chi connectivity index (χ1v) is 7.01. The first kappa shape index (κ1) is 14.8. The molecule has 1 aliphatic rings. The summed E-state index contributed by atoms with van der Waals surface area (Å²) in [5.41, 5.74) is 0.820. The summed E-state index contributed by atoms with van der Waals surface area (Å²) in [6, 6.07) is 6.91. The van der Waals surface area contributed by atoms with Gasteiger partial charge in [-0.1, -0.05) is 12.1 Å².